The van der Waals surface area contributed by atoms with Gasteiger partial charge in [-0.15, -0.1) is 0 Å². The highest BCUT2D eigenvalue weighted by molar-refractivity contribution is 5.56. The molecule has 3 heteroatoms. The molecule has 0 aliphatic heterocycles. The minimum Gasteiger partial charge on any atom is -0.507 e. The second-order valence-electron chi connectivity index (χ2n) is 2.68. The zero-order valence-electron chi connectivity index (χ0n) is 7.20. The first-order chi connectivity index (χ1) is 6.24. The van der Waals surface area contributed by atoms with Gasteiger partial charge in [0.2, 0.25) is 0 Å². The van der Waals surface area contributed by atoms with Crippen molar-refractivity contribution in [2.75, 3.05) is 6.54 Å². The van der Waals surface area contributed by atoms with Crippen molar-refractivity contribution in [3.05, 3.63) is 35.7 Å². The van der Waals surface area contributed by atoms with E-state index in [0.717, 1.165) is 6.42 Å². The van der Waals surface area contributed by atoms with Crippen LogP contribution in [0.2, 0.25) is 0 Å². The maximum absolute atomic E-state index is 12.7. The SMILES string of the molecule is NCCC=Cc1cc(F)ccc1O. The van der Waals surface area contributed by atoms with Crippen molar-refractivity contribution >= 4 is 6.08 Å². The molecule has 1 aromatic carbocycles. The van der Waals surface area contributed by atoms with E-state index in [1.807, 2.05) is 0 Å². The quantitative estimate of drug-likeness (QED) is 0.748. The van der Waals surface area contributed by atoms with E-state index in [9.17, 15) is 9.50 Å². The van der Waals surface area contributed by atoms with Gasteiger partial charge in [-0.05, 0) is 31.2 Å². The summed E-state index contributed by atoms with van der Waals surface area (Å²) >= 11 is 0. The lowest BCUT2D eigenvalue weighted by Crippen LogP contribution is -1.94. The lowest BCUT2D eigenvalue weighted by Gasteiger charge is -1.98. The monoisotopic (exact) mass is 181 g/mol. The Kier molecular flexibility index (Phi) is 3.46. The third kappa shape index (κ3) is 2.87. The number of phenolic OH excluding ortho intramolecular Hbond substituents is 1. The van der Waals surface area contributed by atoms with Crippen molar-refractivity contribution in [1.29, 1.82) is 0 Å². The summed E-state index contributed by atoms with van der Waals surface area (Å²) in [4.78, 5) is 0. The van der Waals surface area contributed by atoms with Gasteiger partial charge < -0.3 is 10.8 Å². The fourth-order valence-corrected chi connectivity index (χ4v) is 0.965. The molecule has 0 aromatic heterocycles. The molecular formula is C10H12FNO. The predicted molar refractivity (Wildman–Crippen MR) is 50.8 cm³/mol. The molecule has 0 saturated heterocycles. The Labute approximate surface area is 76.5 Å². The zero-order chi connectivity index (χ0) is 9.68. The largest absolute Gasteiger partial charge is 0.507 e. The zero-order valence-corrected chi connectivity index (χ0v) is 7.20. The fourth-order valence-electron chi connectivity index (χ4n) is 0.965. The van der Waals surface area contributed by atoms with Crippen LogP contribution in [-0.4, -0.2) is 11.7 Å². The number of rotatable bonds is 3. The van der Waals surface area contributed by atoms with Crippen LogP contribution in [0.5, 0.6) is 5.75 Å². The molecule has 0 unspecified atom stereocenters. The Balaban J connectivity index is 2.81. The summed E-state index contributed by atoms with van der Waals surface area (Å²) in [5.74, 6) is -0.278. The van der Waals surface area contributed by atoms with Gasteiger partial charge in [0.15, 0.2) is 0 Å². The highest BCUT2D eigenvalue weighted by Gasteiger charge is 1.97. The molecular weight excluding hydrogens is 169 g/mol. The topological polar surface area (TPSA) is 46.2 Å². The van der Waals surface area contributed by atoms with Gasteiger partial charge in [0.25, 0.3) is 0 Å². The van der Waals surface area contributed by atoms with E-state index in [0.29, 0.717) is 12.1 Å². The lowest BCUT2D eigenvalue weighted by atomic mass is 10.1. The van der Waals surface area contributed by atoms with Crippen LogP contribution in [-0.2, 0) is 0 Å². The third-order valence-electron chi connectivity index (χ3n) is 1.62. The van der Waals surface area contributed by atoms with E-state index >= 15 is 0 Å². The van der Waals surface area contributed by atoms with Crippen molar-refractivity contribution in [3.8, 4) is 5.75 Å². The first-order valence-electron chi connectivity index (χ1n) is 4.09. The van der Waals surface area contributed by atoms with Crippen molar-refractivity contribution in [3.63, 3.8) is 0 Å². The van der Waals surface area contributed by atoms with E-state index in [2.05, 4.69) is 0 Å². The first kappa shape index (κ1) is 9.74. The Hall–Kier alpha value is -1.35. The average Bonchev–Trinajstić information content (AvgIpc) is 2.11. The molecule has 0 amide bonds. The van der Waals surface area contributed by atoms with Gasteiger partial charge in [-0.1, -0.05) is 12.2 Å². The molecule has 3 N–H and O–H groups in total. The number of aromatic hydroxyl groups is 1. The van der Waals surface area contributed by atoms with Crippen LogP contribution in [0.3, 0.4) is 0 Å². The molecule has 1 rings (SSSR count). The third-order valence-corrected chi connectivity index (χ3v) is 1.62. The summed E-state index contributed by atoms with van der Waals surface area (Å²) < 4.78 is 12.7. The molecule has 0 aliphatic carbocycles. The molecule has 2 nitrogen and oxygen atoms in total. The minimum atomic E-state index is -0.356. The van der Waals surface area contributed by atoms with Crippen LogP contribution in [0.4, 0.5) is 4.39 Å². The standard InChI is InChI=1S/C10H12FNO/c11-9-4-5-10(13)8(7-9)3-1-2-6-12/h1,3-5,7,13H,2,6,12H2. The van der Waals surface area contributed by atoms with Crippen molar-refractivity contribution < 1.29 is 9.50 Å². The Morgan fingerprint density at radius 1 is 1.46 bits per heavy atom. The molecule has 0 saturated carbocycles. The maximum atomic E-state index is 12.7. The molecule has 0 radical (unpaired) electrons. The molecule has 0 atom stereocenters. The summed E-state index contributed by atoms with van der Waals surface area (Å²) in [7, 11) is 0. The summed E-state index contributed by atoms with van der Waals surface area (Å²) in [5, 5.41) is 9.29. The van der Waals surface area contributed by atoms with Crippen LogP contribution >= 0.6 is 0 Å². The van der Waals surface area contributed by atoms with Crippen LogP contribution in [0, 0.1) is 5.82 Å². The summed E-state index contributed by atoms with van der Waals surface area (Å²) in [6.07, 6.45) is 4.18. The second kappa shape index (κ2) is 4.62. The number of hydrogen-bond donors (Lipinski definition) is 2. The molecule has 70 valence electrons. The van der Waals surface area contributed by atoms with Gasteiger partial charge in [-0.3, -0.25) is 0 Å². The highest BCUT2D eigenvalue weighted by atomic mass is 19.1. The number of halogens is 1. The van der Waals surface area contributed by atoms with Gasteiger partial charge in [0.05, 0.1) is 0 Å². The van der Waals surface area contributed by atoms with Crippen LogP contribution in [0.25, 0.3) is 6.08 Å². The average molecular weight is 181 g/mol. The normalized spacial score (nSPS) is 10.9. The molecule has 0 aliphatic rings. The molecule has 13 heavy (non-hydrogen) atoms. The smallest absolute Gasteiger partial charge is 0.124 e. The maximum Gasteiger partial charge on any atom is 0.124 e. The van der Waals surface area contributed by atoms with Crippen molar-refractivity contribution in [1.82, 2.24) is 0 Å². The lowest BCUT2D eigenvalue weighted by molar-refractivity contribution is 0.471. The van der Waals surface area contributed by atoms with Crippen LogP contribution < -0.4 is 5.73 Å². The number of hydrogen-bond acceptors (Lipinski definition) is 2. The molecule has 0 fully saturated rings. The van der Waals surface area contributed by atoms with E-state index in [1.165, 1.54) is 18.2 Å². The summed E-state index contributed by atoms with van der Waals surface area (Å²) in [6.45, 7) is 0.548. The second-order valence-corrected chi connectivity index (χ2v) is 2.68. The Morgan fingerprint density at radius 3 is 2.92 bits per heavy atom. The number of nitrogens with two attached hydrogens (primary N) is 1. The number of benzene rings is 1. The van der Waals surface area contributed by atoms with E-state index in [-0.39, 0.29) is 11.6 Å². The van der Waals surface area contributed by atoms with Gasteiger partial charge >= 0.3 is 0 Å². The van der Waals surface area contributed by atoms with Gasteiger partial charge in [-0.25, -0.2) is 4.39 Å². The molecule has 1 aromatic rings. The van der Waals surface area contributed by atoms with Crippen LogP contribution in [0.1, 0.15) is 12.0 Å². The highest BCUT2D eigenvalue weighted by Crippen LogP contribution is 2.19. The van der Waals surface area contributed by atoms with Crippen molar-refractivity contribution in [2.45, 2.75) is 6.42 Å². The minimum absolute atomic E-state index is 0.0784. The number of phenols is 1. The Bertz CT molecular complexity index is 310. The van der Waals surface area contributed by atoms with E-state index in [1.54, 1.807) is 12.2 Å². The van der Waals surface area contributed by atoms with Crippen LogP contribution in [0.15, 0.2) is 24.3 Å². The first-order valence-corrected chi connectivity index (χ1v) is 4.09. The van der Waals surface area contributed by atoms with Gasteiger partial charge in [-0.2, -0.15) is 0 Å². The predicted octanol–water partition coefficient (Wildman–Crippen LogP) is 1.89. The van der Waals surface area contributed by atoms with Crippen molar-refractivity contribution in [2.24, 2.45) is 5.73 Å². The summed E-state index contributed by atoms with van der Waals surface area (Å²) in [6, 6.07) is 3.83. The molecule has 0 bridgehead atoms. The summed E-state index contributed by atoms with van der Waals surface area (Å²) in [5.41, 5.74) is 5.75. The molecule has 0 spiro atoms. The van der Waals surface area contributed by atoms with Gasteiger partial charge in [0, 0.05) is 5.56 Å². The van der Waals surface area contributed by atoms with Gasteiger partial charge in [0.1, 0.15) is 11.6 Å². The fraction of sp³-hybridized carbons (Fsp3) is 0.200. The van der Waals surface area contributed by atoms with E-state index in [4.69, 9.17) is 5.73 Å². The Morgan fingerprint density at radius 2 is 2.23 bits per heavy atom. The molecule has 0 heterocycles. The van der Waals surface area contributed by atoms with E-state index < -0.39 is 0 Å².